The Hall–Kier alpha value is -1.71. The van der Waals surface area contributed by atoms with Gasteiger partial charge in [0.05, 0.1) is 12.4 Å². The van der Waals surface area contributed by atoms with Crippen molar-refractivity contribution in [2.75, 3.05) is 24.2 Å². The first-order valence-corrected chi connectivity index (χ1v) is 13.6. The molecule has 2 aliphatic carbocycles. The highest BCUT2D eigenvalue weighted by atomic mass is 32.2. The molecule has 1 aromatic heterocycles. The van der Waals surface area contributed by atoms with Crippen molar-refractivity contribution in [3.8, 4) is 0 Å². The van der Waals surface area contributed by atoms with Gasteiger partial charge in [-0.1, -0.05) is 43.9 Å². The van der Waals surface area contributed by atoms with Crippen LogP contribution in [0.1, 0.15) is 83.2 Å². The van der Waals surface area contributed by atoms with E-state index in [1.54, 1.807) is 12.3 Å². The average Bonchev–Trinajstić information content (AvgIpc) is 3.52. The minimum absolute atomic E-state index is 0.0644. The number of pyridine rings is 1. The number of aromatic nitrogens is 1. The van der Waals surface area contributed by atoms with Gasteiger partial charge in [0.25, 0.3) is 0 Å². The van der Waals surface area contributed by atoms with Crippen LogP contribution in [0.5, 0.6) is 0 Å². The summed E-state index contributed by atoms with van der Waals surface area (Å²) in [4.78, 5) is 24.0. The molecule has 3 rings (SSSR count). The van der Waals surface area contributed by atoms with E-state index in [-0.39, 0.29) is 17.2 Å². The maximum atomic E-state index is 12.1. The third kappa shape index (κ3) is 8.67. The van der Waals surface area contributed by atoms with E-state index in [9.17, 15) is 13.2 Å². The van der Waals surface area contributed by atoms with Gasteiger partial charge >= 0.3 is 6.03 Å². The number of hydrogen-bond acceptors (Lipinski definition) is 5. The van der Waals surface area contributed by atoms with E-state index >= 15 is 0 Å². The Labute approximate surface area is 192 Å². The molecule has 2 saturated carbocycles. The Balaban J connectivity index is 1.20. The van der Waals surface area contributed by atoms with E-state index in [1.807, 2.05) is 6.07 Å². The normalized spacial score (nSPS) is 18.3. The Bertz CT molecular complexity index is 836. The zero-order chi connectivity index (χ0) is 22.9. The highest BCUT2D eigenvalue weighted by molar-refractivity contribution is 7.89. The van der Waals surface area contributed by atoms with Crippen molar-refractivity contribution in [2.24, 2.45) is 5.92 Å². The lowest BCUT2D eigenvalue weighted by Gasteiger charge is -2.20. The SMILES string of the molecule is CC1(c2cc(NC(=O)NCCCCCCS(=O)(=O)NOCC3CCCCC3)ccn2)CC1. The van der Waals surface area contributed by atoms with Crippen LogP contribution >= 0.6 is 0 Å². The van der Waals surface area contributed by atoms with Gasteiger partial charge in [-0.15, -0.1) is 0 Å². The third-order valence-electron chi connectivity index (χ3n) is 6.49. The fourth-order valence-electron chi connectivity index (χ4n) is 4.07. The van der Waals surface area contributed by atoms with Crippen LogP contribution in [0.2, 0.25) is 0 Å². The van der Waals surface area contributed by atoms with E-state index in [1.165, 1.54) is 19.3 Å². The molecule has 180 valence electrons. The number of urea groups is 1. The number of rotatable bonds is 13. The maximum absolute atomic E-state index is 12.1. The van der Waals surface area contributed by atoms with Crippen molar-refractivity contribution >= 4 is 21.7 Å². The summed E-state index contributed by atoms with van der Waals surface area (Å²) in [5.74, 6) is 0.535. The molecular weight excluding hydrogens is 428 g/mol. The summed E-state index contributed by atoms with van der Waals surface area (Å²) < 4.78 is 24.0. The second-order valence-electron chi connectivity index (χ2n) is 9.50. The zero-order valence-electron chi connectivity index (χ0n) is 19.2. The molecule has 2 aliphatic rings. The van der Waals surface area contributed by atoms with Crippen molar-refractivity contribution in [1.82, 2.24) is 15.2 Å². The molecule has 0 spiro atoms. The molecule has 2 fully saturated rings. The Morgan fingerprint density at radius 2 is 1.91 bits per heavy atom. The first-order chi connectivity index (χ1) is 15.4. The minimum atomic E-state index is -3.39. The summed E-state index contributed by atoms with van der Waals surface area (Å²) in [6, 6.07) is 3.51. The highest BCUT2D eigenvalue weighted by Crippen LogP contribution is 2.46. The zero-order valence-corrected chi connectivity index (χ0v) is 20.0. The molecule has 2 amide bonds. The number of carbonyl (C=O) groups excluding carboxylic acids is 1. The molecule has 0 aliphatic heterocycles. The van der Waals surface area contributed by atoms with Gasteiger partial charge in [0, 0.05) is 29.5 Å². The Kier molecular flexibility index (Phi) is 9.31. The molecule has 32 heavy (non-hydrogen) atoms. The number of carbonyl (C=O) groups is 1. The highest BCUT2D eigenvalue weighted by Gasteiger charge is 2.40. The summed E-state index contributed by atoms with van der Waals surface area (Å²) >= 11 is 0. The molecule has 0 atom stereocenters. The number of nitrogens with one attached hydrogen (secondary N) is 3. The van der Waals surface area contributed by atoms with Crippen molar-refractivity contribution in [1.29, 1.82) is 0 Å². The predicted octanol–water partition coefficient (Wildman–Crippen LogP) is 4.25. The molecule has 0 bridgehead atoms. The Morgan fingerprint density at radius 1 is 1.16 bits per heavy atom. The fraction of sp³-hybridized carbons (Fsp3) is 0.739. The monoisotopic (exact) mass is 466 g/mol. The number of sulfonamides is 1. The second-order valence-corrected chi connectivity index (χ2v) is 11.3. The molecule has 0 saturated heterocycles. The van der Waals surface area contributed by atoms with Gasteiger partial charge in [-0.3, -0.25) is 9.82 Å². The van der Waals surface area contributed by atoms with Gasteiger partial charge in [0.2, 0.25) is 10.0 Å². The fourth-order valence-corrected chi connectivity index (χ4v) is 4.98. The number of hydrogen-bond donors (Lipinski definition) is 3. The number of nitrogens with zero attached hydrogens (tertiary/aromatic N) is 1. The van der Waals surface area contributed by atoms with Crippen molar-refractivity contribution in [3.63, 3.8) is 0 Å². The van der Waals surface area contributed by atoms with Gasteiger partial charge in [-0.2, -0.15) is 0 Å². The van der Waals surface area contributed by atoms with E-state index < -0.39 is 10.0 Å². The average molecular weight is 467 g/mol. The molecule has 8 nitrogen and oxygen atoms in total. The molecule has 1 heterocycles. The Morgan fingerprint density at radius 3 is 2.66 bits per heavy atom. The standard InChI is InChI=1S/C23H38N4O4S/c1-23(12-13-23)21-17-20(11-15-24-21)26-22(28)25-14-7-2-3-8-16-32(29,30)27-31-18-19-9-5-4-6-10-19/h11,15,17,19,27H,2-10,12-14,16,18H2,1H3,(H2,24,25,26,28). The summed E-state index contributed by atoms with van der Waals surface area (Å²) in [6.45, 7) is 3.20. The predicted molar refractivity (Wildman–Crippen MR) is 126 cm³/mol. The van der Waals surface area contributed by atoms with Crippen LogP contribution in [0, 0.1) is 5.92 Å². The third-order valence-corrected chi connectivity index (χ3v) is 7.69. The van der Waals surface area contributed by atoms with E-state index in [0.29, 0.717) is 25.5 Å². The maximum Gasteiger partial charge on any atom is 0.319 e. The van der Waals surface area contributed by atoms with Crippen molar-refractivity contribution in [2.45, 2.75) is 83.0 Å². The first kappa shape index (κ1) is 24.9. The summed E-state index contributed by atoms with van der Waals surface area (Å²) in [6.07, 6.45) is 13.0. The largest absolute Gasteiger partial charge is 0.338 e. The van der Waals surface area contributed by atoms with E-state index in [0.717, 1.165) is 56.3 Å². The van der Waals surface area contributed by atoms with Crippen LogP contribution in [-0.2, 0) is 20.3 Å². The molecule has 0 unspecified atom stereocenters. The molecular formula is C23H38N4O4S. The smallest absolute Gasteiger partial charge is 0.319 e. The van der Waals surface area contributed by atoms with Gasteiger partial charge in [0.15, 0.2) is 0 Å². The van der Waals surface area contributed by atoms with Gasteiger partial charge in [-0.25, -0.2) is 13.2 Å². The van der Waals surface area contributed by atoms with Crippen molar-refractivity contribution in [3.05, 3.63) is 24.0 Å². The van der Waals surface area contributed by atoms with Crippen LogP contribution in [0.3, 0.4) is 0 Å². The van der Waals surface area contributed by atoms with Crippen LogP contribution < -0.4 is 15.5 Å². The molecule has 0 radical (unpaired) electrons. The number of unbranched alkanes of at least 4 members (excludes halogenated alkanes) is 3. The topological polar surface area (TPSA) is 109 Å². The summed E-state index contributed by atoms with van der Waals surface area (Å²) in [7, 11) is -3.39. The molecule has 3 N–H and O–H groups in total. The molecule has 0 aromatic carbocycles. The van der Waals surface area contributed by atoms with Crippen LogP contribution in [-0.4, -0.2) is 38.3 Å². The second kappa shape index (κ2) is 12.0. The summed E-state index contributed by atoms with van der Waals surface area (Å²) in [5.41, 5.74) is 1.95. The summed E-state index contributed by atoms with van der Waals surface area (Å²) in [5, 5.41) is 5.71. The molecule has 1 aromatic rings. The lowest BCUT2D eigenvalue weighted by atomic mass is 9.90. The quantitative estimate of drug-likeness (QED) is 0.297. The lowest BCUT2D eigenvalue weighted by Crippen LogP contribution is -2.30. The molecule has 9 heteroatoms. The first-order valence-electron chi connectivity index (χ1n) is 12.0. The minimum Gasteiger partial charge on any atom is -0.338 e. The number of anilines is 1. The lowest BCUT2D eigenvalue weighted by molar-refractivity contribution is 0.0519. The van der Waals surface area contributed by atoms with Crippen molar-refractivity contribution < 1.29 is 18.0 Å². The van der Waals surface area contributed by atoms with Crippen LogP contribution in [0.15, 0.2) is 18.3 Å². The van der Waals surface area contributed by atoms with E-state index in [2.05, 4.69) is 27.4 Å². The van der Waals surface area contributed by atoms with E-state index in [4.69, 9.17) is 4.84 Å². The van der Waals surface area contributed by atoms with Crippen LogP contribution in [0.25, 0.3) is 0 Å². The number of amides is 2. The van der Waals surface area contributed by atoms with Gasteiger partial charge in [0.1, 0.15) is 0 Å². The van der Waals surface area contributed by atoms with Gasteiger partial charge in [-0.05, 0) is 56.6 Å². The van der Waals surface area contributed by atoms with Gasteiger partial charge < -0.3 is 10.6 Å². The van der Waals surface area contributed by atoms with Crippen LogP contribution in [0.4, 0.5) is 10.5 Å².